The van der Waals surface area contributed by atoms with Crippen LogP contribution in [-0.2, 0) is 17.0 Å². The highest BCUT2D eigenvalue weighted by Gasteiger charge is 2.15. The number of fused-ring (bicyclic) bond motifs is 1. The lowest BCUT2D eigenvalue weighted by molar-refractivity contribution is 0.183. The third-order valence-corrected chi connectivity index (χ3v) is 5.94. The number of aryl methyl sites for hydroxylation is 1. The second-order valence-corrected chi connectivity index (χ2v) is 8.52. The summed E-state index contributed by atoms with van der Waals surface area (Å²) in [7, 11) is 1.61. The first-order valence-corrected chi connectivity index (χ1v) is 11.0. The van der Waals surface area contributed by atoms with Gasteiger partial charge >= 0.3 is 0 Å². The molecule has 154 valence electrons. The minimum absolute atomic E-state index is 0.105. The van der Waals surface area contributed by atoms with Gasteiger partial charge in [0.05, 0.1) is 29.8 Å². The van der Waals surface area contributed by atoms with Crippen LogP contribution in [0.25, 0.3) is 22.4 Å². The van der Waals surface area contributed by atoms with E-state index in [1.807, 2.05) is 43.3 Å². The molecule has 0 radical (unpaired) electrons. The molecule has 7 nitrogen and oxygen atoms in total. The Morgan fingerprint density at radius 1 is 1.17 bits per heavy atom. The highest BCUT2D eigenvalue weighted by Crippen LogP contribution is 2.25. The van der Waals surface area contributed by atoms with Gasteiger partial charge in [-0.1, -0.05) is 45.4 Å². The first-order valence-electron chi connectivity index (χ1n) is 9.26. The molecule has 0 atom stereocenters. The second-order valence-electron chi connectivity index (χ2n) is 6.66. The van der Waals surface area contributed by atoms with Gasteiger partial charge in [-0.25, -0.2) is 4.98 Å². The van der Waals surface area contributed by atoms with Crippen LogP contribution in [0.2, 0.25) is 0 Å². The normalized spacial score (nSPS) is 11.3. The van der Waals surface area contributed by atoms with Gasteiger partial charge in [0.15, 0.2) is 5.16 Å². The van der Waals surface area contributed by atoms with E-state index in [4.69, 9.17) is 9.15 Å². The van der Waals surface area contributed by atoms with Crippen molar-refractivity contribution in [2.45, 2.75) is 24.4 Å². The summed E-state index contributed by atoms with van der Waals surface area (Å²) in [5.41, 5.74) is 2.57. The Morgan fingerprint density at radius 3 is 2.73 bits per heavy atom. The zero-order chi connectivity index (χ0) is 21.1. The molecular formula is C21H19BrN4O3S. The standard InChI is InChI=1S/C21H19BrN4O3S/c1-13-3-5-14(6-4-13)19-25-24-18(29-19)12-30-21-23-17-8-7-15(22)11-16(17)20(27)26(21)9-10-28-2/h3-8,11H,9-10,12H2,1-2H3. The number of ether oxygens (including phenoxy) is 1. The van der Waals surface area contributed by atoms with Crippen molar-refractivity contribution in [2.24, 2.45) is 0 Å². The lowest BCUT2D eigenvalue weighted by atomic mass is 10.1. The van der Waals surface area contributed by atoms with Crippen LogP contribution in [-0.4, -0.2) is 33.5 Å². The third kappa shape index (κ3) is 4.48. The van der Waals surface area contributed by atoms with E-state index >= 15 is 0 Å². The number of rotatable bonds is 7. The molecule has 0 aliphatic rings. The van der Waals surface area contributed by atoms with Gasteiger partial charge in [0.1, 0.15) is 0 Å². The first kappa shape index (κ1) is 20.8. The monoisotopic (exact) mass is 486 g/mol. The second kappa shape index (κ2) is 9.11. The lowest BCUT2D eigenvalue weighted by Gasteiger charge is -2.12. The van der Waals surface area contributed by atoms with Crippen molar-refractivity contribution < 1.29 is 9.15 Å². The van der Waals surface area contributed by atoms with Crippen LogP contribution in [0.1, 0.15) is 11.5 Å². The summed E-state index contributed by atoms with van der Waals surface area (Å²) >= 11 is 4.80. The molecule has 0 saturated heterocycles. The Kier molecular flexibility index (Phi) is 6.31. The Bertz CT molecular complexity index is 1240. The van der Waals surface area contributed by atoms with E-state index in [0.717, 1.165) is 15.6 Å². The van der Waals surface area contributed by atoms with E-state index in [9.17, 15) is 4.79 Å². The predicted molar refractivity (Wildman–Crippen MR) is 120 cm³/mol. The Labute approximate surface area is 185 Å². The van der Waals surface area contributed by atoms with Gasteiger partial charge in [-0.2, -0.15) is 0 Å². The zero-order valence-electron chi connectivity index (χ0n) is 16.5. The third-order valence-electron chi connectivity index (χ3n) is 4.49. The maximum atomic E-state index is 13.0. The molecule has 0 aliphatic carbocycles. The molecule has 0 unspecified atom stereocenters. The molecule has 9 heteroatoms. The van der Waals surface area contributed by atoms with E-state index < -0.39 is 0 Å². The highest BCUT2D eigenvalue weighted by atomic mass is 79.9. The van der Waals surface area contributed by atoms with Gasteiger partial charge in [-0.05, 0) is 37.3 Å². The van der Waals surface area contributed by atoms with Crippen LogP contribution in [0, 0.1) is 6.92 Å². The van der Waals surface area contributed by atoms with E-state index in [-0.39, 0.29) is 5.56 Å². The fourth-order valence-electron chi connectivity index (χ4n) is 2.91. The van der Waals surface area contributed by atoms with Crippen molar-refractivity contribution in [3.63, 3.8) is 0 Å². The summed E-state index contributed by atoms with van der Waals surface area (Å²) in [6, 6.07) is 13.4. The average molecular weight is 487 g/mol. The van der Waals surface area contributed by atoms with Crippen molar-refractivity contribution in [3.8, 4) is 11.5 Å². The van der Waals surface area contributed by atoms with Crippen LogP contribution in [0.15, 0.2) is 61.3 Å². The van der Waals surface area contributed by atoms with Crippen molar-refractivity contribution in [1.82, 2.24) is 19.7 Å². The number of hydrogen-bond acceptors (Lipinski definition) is 7. The number of halogens is 1. The summed E-state index contributed by atoms with van der Waals surface area (Å²) in [4.78, 5) is 17.7. The quantitative estimate of drug-likeness (QED) is 0.281. The average Bonchev–Trinajstić information content (AvgIpc) is 3.22. The first-order chi connectivity index (χ1) is 14.5. The largest absolute Gasteiger partial charge is 0.420 e. The fraction of sp³-hybridized carbons (Fsp3) is 0.238. The molecule has 0 spiro atoms. The molecule has 0 saturated carbocycles. The van der Waals surface area contributed by atoms with Crippen LogP contribution in [0.3, 0.4) is 0 Å². The minimum atomic E-state index is -0.105. The highest BCUT2D eigenvalue weighted by molar-refractivity contribution is 9.10. The summed E-state index contributed by atoms with van der Waals surface area (Å²) in [5, 5.41) is 9.41. The van der Waals surface area contributed by atoms with Gasteiger partial charge in [0, 0.05) is 17.1 Å². The molecule has 4 aromatic rings. The van der Waals surface area contributed by atoms with Crippen LogP contribution >= 0.6 is 27.7 Å². The van der Waals surface area contributed by atoms with E-state index in [2.05, 4.69) is 31.1 Å². The molecule has 2 aromatic heterocycles. The van der Waals surface area contributed by atoms with E-state index in [1.54, 1.807) is 17.7 Å². The topological polar surface area (TPSA) is 83.0 Å². The Balaban J connectivity index is 1.61. The number of nitrogens with zero attached hydrogens (tertiary/aromatic N) is 4. The summed E-state index contributed by atoms with van der Waals surface area (Å²) in [6.07, 6.45) is 0. The number of benzene rings is 2. The molecule has 30 heavy (non-hydrogen) atoms. The molecule has 0 N–H and O–H groups in total. The van der Waals surface area contributed by atoms with Crippen LogP contribution in [0.5, 0.6) is 0 Å². The van der Waals surface area contributed by atoms with E-state index in [1.165, 1.54) is 11.8 Å². The molecule has 4 rings (SSSR count). The predicted octanol–water partition coefficient (Wildman–Crippen LogP) is 4.46. The SMILES string of the molecule is COCCn1c(SCc2nnc(-c3ccc(C)cc3)o2)nc2ccc(Br)cc2c1=O. The van der Waals surface area contributed by atoms with Gasteiger partial charge in [-0.15, -0.1) is 10.2 Å². The summed E-state index contributed by atoms with van der Waals surface area (Å²) < 4.78 is 13.4. The molecule has 0 amide bonds. The van der Waals surface area contributed by atoms with Crippen molar-refractivity contribution >= 4 is 38.6 Å². The number of aromatic nitrogens is 4. The molecule has 2 aromatic carbocycles. The molecule has 0 aliphatic heterocycles. The van der Waals surface area contributed by atoms with Crippen LogP contribution in [0.4, 0.5) is 0 Å². The van der Waals surface area contributed by atoms with Gasteiger partial charge in [-0.3, -0.25) is 9.36 Å². The van der Waals surface area contributed by atoms with Crippen LogP contribution < -0.4 is 5.56 Å². The summed E-state index contributed by atoms with van der Waals surface area (Å²) in [6.45, 7) is 2.84. The van der Waals surface area contributed by atoms with E-state index in [0.29, 0.717) is 46.7 Å². The fourth-order valence-corrected chi connectivity index (χ4v) is 4.14. The van der Waals surface area contributed by atoms with Gasteiger partial charge in [0.25, 0.3) is 5.56 Å². The number of hydrogen-bond donors (Lipinski definition) is 0. The summed E-state index contributed by atoms with van der Waals surface area (Å²) in [5.74, 6) is 1.35. The molecule has 2 heterocycles. The molecule has 0 fully saturated rings. The smallest absolute Gasteiger partial charge is 0.262 e. The minimum Gasteiger partial charge on any atom is -0.420 e. The molecular weight excluding hydrogens is 468 g/mol. The number of methoxy groups -OCH3 is 1. The Morgan fingerprint density at radius 2 is 1.97 bits per heavy atom. The number of thioether (sulfide) groups is 1. The Hall–Kier alpha value is -2.49. The lowest BCUT2D eigenvalue weighted by Crippen LogP contribution is -2.25. The zero-order valence-corrected chi connectivity index (χ0v) is 18.9. The van der Waals surface area contributed by atoms with Crippen molar-refractivity contribution in [1.29, 1.82) is 0 Å². The van der Waals surface area contributed by atoms with Gasteiger partial charge < -0.3 is 9.15 Å². The maximum absolute atomic E-state index is 13.0. The van der Waals surface area contributed by atoms with Crippen molar-refractivity contribution in [3.05, 3.63) is 68.7 Å². The maximum Gasteiger partial charge on any atom is 0.262 e. The van der Waals surface area contributed by atoms with Gasteiger partial charge in [0.2, 0.25) is 11.8 Å². The molecule has 0 bridgehead atoms. The van der Waals surface area contributed by atoms with Crippen molar-refractivity contribution in [2.75, 3.05) is 13.7 Å².